The Morgan fingerprint density at radius 1 is 1.29 bits per heavy atom. The van der Waals surface area contributed by atoms with Crippen molar-refractivity contribution in [1.29, 1.82) is 0 Å². The molecular formula is C15H22N3Na2O3P. The first-order chi connectivity index (χ1) is 10.2. The van der Waals surface area contributed by atoms with Crippen LogP contribution in [-0.2, 0) is 17.5 Å². The summed E-state index contributed by atoms with van der Waals surface area (Å²) in [4.78, 5) is 21.6. The van der Waals surface area contributed by atoms with Crippen molar-refractivity contribution in [3.05, 3.63) is 47.1 Å². The zero-order valence-electron chi connectivity index (χ0n) is 15.3. The van der Waals surface area contributed by atoms with E-state index in [1.165, 1.54) is 11.1 Å². The van der Waals surface area contributed by atoms with Gasteiger partial charge in [0, 0.05) is 12.6 Å². The van der Waals surface area contributed by atoms with Gasteiger partial charge in [-0.2, -0.15) is 0 Å². The third kappa shape index (κ3) is 11.2. The van der Waals surface area contributed by atoms with E-state index in [1.54, 1.807) is 10.9 Å². The van der Waals surface area contributed by atoms with Crippen molar-refractivity contribution in [3.63, 3.8) is 0 Å². The van der Waals surface area contributed by atoms with Crippen LogP contribution in [0.25, 0.3) is 0 Å². The van der Waals surface area contributed by atoms with Gasteiger partial charge in [-0.05, 0) is 46.5 Å². The fourth-order valence-corrected chi connectivity index (χ4v) is 2.11. The summed E-state index contributed by atoms with van der Waals surface area (Å²) in [6.07, 6.45) is 7.78. The first kappa shape index (κ1) is 26.7. The number of hydrogen-bond donors (Lipinski definition) is 0. The van der Waals surface area contributed by atoms with E-state index in [0.29, 0.717) is 12.2 Å². The first-order valence-electron chi connectivity index (χ1n) is 7.07. The molecule has 24 heavy (non-hydrogen) atoms. The molecule has 0 aromatic carbocycles. The van der Waals surface area contributed by atoms with E-state index in [1.807, 2.05) is 0 Å². The second-order valence-corrected chi connectivity index (χ2v) is 7.17. The summed E-state index contributed by atoms with van der Waals surface area (Å²) in [5.74, 6) is 0. The Bertz CT molecular complexity index is 632. The molecule has 0 aliphatic carbocycles. The molecule has 122 valence electrons. The fraction of sp³-hybridized carbons (Fsp3) is 0.467. The SMILES string of the molecule is C=C(Cc1cn(C/C=C(\C)CCC=C(C)C)nn1)P(=O)([O-])[O-].[Na+].[Na+]. The normalized spacial score (nSPS) is 11.3. The number of aromatic nitrogens is 3. The third-order valence-corrected chi connectivity index (χ3v) is 4.01. The van der Waals surface area contributed by atoms with Gasteiger partial charge in [-0.25, -0.2) is 4.68 Å². The van der Waals surface area contributed by atoms with Crippen LogP contribution in [0.1, 0.15) is 39.3 Å². The van der Waals surface area contributed by atoms with Gasteiger partial charge >= 0.3 is 59.1 Å². The Balaban J connectivity index is 0. The van der Waals surface area contributed by atoms with Gasteiger partial charge in [0.25, 0.3) is 0 Å². The molecule has 1 heterocycles. The van der Waals surface area contributed by atoms with Crippen LogP contribution in [-0.4, -0.2) is 15.0 Å². The predicted molar refractivity (Wildman–Crippen MR) is 82.9 cm³/mol. The molecule has 0 saturated carbocycles. The van der Waals surface area contributed by atoms with Gasteiger partial charge in [-0.15, -0.1) is 5.10 Å². The maximum absolute atomic E-state index is 10.8. The molecule has 0 saturated heterocycles. The van der Waals surface area contributed by atoms with E-state index >= 15 is 0 Å². The summed E-state index contributed by atoms with van der Waals surface area (Å²) < 4.78 is 12.4. The molecular weight excluding hydrogens is 347 g/mol. The Kier molecular flexibility index (Phi) is 14.3. The molecule has 0 aliphatic rings. The van der Waals surface area contributed by atoms with Gasteiger partial charge in [0.15, 0.2) is 0 Å². The number of hydrogen-bond acceptors (Lipinski definition) is 5. The van der Waals surface area contributed by atoms with Crippen LogP contribution < -0.4 is 68.9 Å². The molecule has 0 N–H and O–H groups in total. The van der Waals surface area contributed by atoms with Gasteiger partial charge in [-0.3, -0.25) is 0 Å². The van der Waals surface area contributed by atoms with E-state index in [0.717, 1.165) is 12.8 Å². The van der Waals surface area contributed by atoms with E-state index in [4.69, 9.17) is 0 Å². The molecule has 1 aromatic heterocycles. The summed E-state index contributed by atoms with van der Waals surface area (Å²) in [6, 6.07) is 0. The molecule has 6 nitrogen and oxygen atoms in total. The van der Waals surface area contributed by atoms with E-state index in [-0.39, 0.29) is 70.8 Å². The van der Waals surface area contributed by atoms with E-state index in [2.05, 4.69) is 49.8 Å². The van der Waals surface area contributed by atoms with Crippen LogP contribution in [0.3, 0.4) is 0 Å². The van der Waals surface area contributed by atoms with Crippen molar-refractivity contribution in [1.82, 2.24) is 15.0 Å². The van der Waals surface area contributed by atoms with E-state index < -0.39 is 7.60 Å². The maximum atomic E-state index is 10.8. The summed E-state index contributed by atoms with van der Waals surface area (Å²) >= 11 is 0. The van der Waals surface area contributed by atoms with Crippen molar-refractivity contribution >= 4 is 7.60 Å². The van der Waals surface area contributed by atoms with Crippen LogP contribution in [0.15, 0.2) is 41.4 Å². The summed E-state index contributed by atoms with van der Waals surface area (Å²) in [6.45, 7) is 10.0. The van der Waals surface area contributed by atoms with Crippen LogP contribution in [0, 0.1) is 0 Å². The third-order valence-electron chi connectivity index (χ3n) is 3.08. The predicted octanol–water partition coefficient (Wildman–Crippen LogP) is -4.05. The first-order valence-corrected chi connectivity index (χ1v) is 8.61. The molecule has 0 bridgehead atoms. The Labute approximate surface area is 188 Å². The maximum Gasteiger partial charge on any atom is 1.00 e. The zero-order chi connectivity index (χ0) is 16.8. The summed E-state index contributed by atoms with van der Waals surface area (Å²) in [5, 5.41) is 7.39. The topological polar surface area (TPSA) is 93.9 Å². The minimum Gasteiger partial charge on any atom is -0.808 e. The monoisotopic (exact) mass is 369 g/mol. The quantitative estimate of drug-likeness (QED) is 0.264. The Morgan fingerprint density at radius 2 is 1.92 bits per heavy atom. The molecule has 1 rings (SSSR count). The van der Waals surface area contributed by atoms with E-state index in [9.17, 15) is 14.4 Å². The molecule has 0 radical (unpaired) electrons. The number of allylic oxidation sites excluding steroid dienone is 5. The average Bonchev–Trinajstić information content (AvgIpc) is 2.82. The van der Waals surface area contributed by atoms with Gasteiger partial charge in [0.1, 0.15) is 0 Å². The number of nitrogens with zero attached hydrogens (tertiary/aromatic N) is 3. The second-order valence-electron chi connectivity index (χ2n) is 5.54. The van der Waals surface area contributed by atoms with Crippen molar-refractivity contribution in [2.75, 3.05) is 0 Å². The molecule has 9 heteroatoms. The van der Waals surface area contributed by atoms with Crippen LogP contribution in [0.2, 0.25) is 0 Å². The van der Waals surface area contributed by atoms with Gasteiger partial charge in [0.05, 0.1) is 12.2 Å². The fourth-order valence-electron chi connectivity index (χ4n) is 1.75. The van der Waals surface area contributed by atoms with Gasteiger partial charge < -0.3 is 14.4 Å². The van der Waals surface area contributed by atoms with Gasteiger partial charge in [-0.1, -0.05) is 35.1 Å². The van der Waals surface area contributed by atoms with Gasteiger partial charge in [0.2, 0.25) is 0 Å². The zero-order valence-corrected chi connectivity index (χ0v) is 20.2. The molecule has 0 unspecified atom stereocenters. The largest absolute Gasteiger partial charge is 1.00 e. The molecule has 0 atom stereocenters. The Hall–Kier alpha value is 0.510. The van der Waals surface area contributed by atoms with Crippen LogP contribution >= 0.6 is 7.60 Å². The standard InChI is InChI=1S/C15H24N3O3P.2Na/c1-12(2)6-5-7-13(3)8-9-18-11-15(16-17-18)10-14(4)22(19,20)21;;/h6,8,11H,4-5,7,9-10H2,1-3H3,(H2,19,20,21);;/q;2*+1/p-2/b13-8+;;. The minimum atomic E-state index is -4.75. The minimum absolute atomic E-state index is 0. The molecule has 0 amide bonds. The molecule has 1 aromatic rings. The summed E-state index contributed by atoms with van der Waals surface area (Å²) in [7, 11) is -4.75. The average molecular weight is 369 g/mol. The summed E-state index contributed by atoms with van der Waals surface area (Å²) in [5.41, 5.74) is 2.98. The molecule has 0 fully saturated rings. The molecule has 0 aliphatic heterocycles. The Morgan fingerprint density at radius 3 is 2.46 bits per heavy atom. The smallest absolute Gasteiger partial charge is 0.808 e. The number of rotatable bonds is 8. The van der Waals surface area contributed by atoms with Crippen molar-refractivity contribution < 1.29 is 73.5 Å². The van der Waals surface area contributed by atoms with Crippen molar-refractivity contribution in [3.8, 4) is 0 Å². The second kappa shape index (κ2) is 12.8. The van der Waals surface area contributed by atoms with Crippen LogP contribution in [0.5, 0.6) is 0 Å². The van der Waals surface area contributed by atoms with Crippen LogP contribution in [0.4, 0.5) is 0 Å². The van der Waals surface area contributed by atoms with Crippen molar-refractivity contribution in [2.24, 2.45) is 0 Å². The molecule has 0 spiro atoms. The van der Waals surface area contributed by atoms with Crippen molar-refractivity contribution in [2.45, 2.75) is 46.6 Å².